The lowest BCUT2D eigenvalue weighted by molar-refractivity contribution is 0.269. The van der Waals surface area contributed by atoms with Crippen molar-refractivity contribution in [1.29, 1.82) is 0 Å². The van der Waals surface area contributed by atoms with E-state index in [0.29, 0.717) is 12.4 Å². The van der Waals surface area contributed by atoms with Crippen LogP contribution in [-0.2, 0) is 12.0 Å². The summed E-state index contributed by atoms with van der Waals surface area (Å²) >= 11 is 0. The molecule has 1 aliphatic rings. The number of hydrogen-bond acceptors (Lipinski definition) is 3. The number of guanidine groups is 1. The summed E-state index contributed by atoms with van der Waals surface area (Å²) in [5.41, 5.74) is -0.0114. The highest BCUT2D eigenvalue weighted by atomic mass is 127. The Labute approximate surface area is 169 Å². The van der Waals surface area contributed by atoms with Crippen molar-refractivity contribution < 1.29 is 4.42 Å². The van der Waals surface area contributed by atoms with Crippen LogP contribution in [0.15, 0.2) is 15.6 Å². The van der Waals surface area contributed by atoms with Crippen LogP contribution in [0.3, 0.4) is 0 Å². The first kappa shape index (κ1) is 22.3. The predicted molar refractivity (Wildman–Crippen MR) is 115 cm³/mol. The lowest BCUT2D eigenvalue weighted by Gasteiger charge is -2.28. The van der Waals surface area contributed by atoms with Crippen LogP contribution in [0.5, 0.6) is 0 Å². The van der Waals surface area contributed by atoms with E-state index >= 15 is 0 Å². The van der Waals surface area contributed by atoms with Crippen molar-refractivity contribution in [1.82, 2.24) is 15.6 Å². The molecule has 1 saturated carbocycles. The monoisotopic (exact) mass is 462 g/mol. The average molecular weight is 462 g/mol. The van der Waals surface area contributed by atoms with E-state index in [9.17, 15) is 0 Å². The maximum absolute atomic E-state index is 5.81. The predicted octanol–water partition coefficient (Wildman–Crippen LogP) is 4.47. The molecule has 0 radical (unpaired) electrons. The summed E-state index contributed by atoms with van der Waals surface area (Å²) in [6.07, 6.45) is 8.56. The summed E-state index contributed by atoms with van der Waals surface area (Å²) in [4.78, 5) is 8.64. The minimum absolute atomic E-state index is 0. The Kier molecular flexibility index (Phi) is 9.24. The maximum Gasteiger partial charge on any atom is 0.213 e. The number of hydrogen-bond donors (Lipinski definition) is 2. The second kappa shape index (κ2) is 10.4. The number of aromatic nitrogens is 1. The molecule has 144 valence electrons. The fourth-order valence-electron chi connectivity index (χ4n) is 3.20. The van der Waals surface area contributed by atoms with Gasteiger partial charge >= 0.3 is 0 Å². The standard InChI is InChI=1S/C19H34N4O.HI/c1-6-14-7-9-15(10-8-14)11-22-18(20-5)23-13-17-21-12-16(24-17)19(2,3)4;/h12,14-15H,6-11,13H2,1-5H3,(H2,20,22,23);1H. The van der Waals surface area contributed by atoms with Gasteiger partial charge in [0.1, 0.15) is 5.76 Å². The van der Waals surface area contributed by atoms with E-state index < -0.39 is 0 Å². The van der Waals surface area contributed by atoms with Gasteiger partial charge in [-0.1, -0.05) is 47.0 Å². The molecule has 0 bridgehead atoms. The van der Waals surface area contributed by atoms with Crippen molar-refractivity contribution in [3.05, 3.63) is 17.8 Å². The van der Waals surface area contributed by atoms with Crippen molar-refractivity contribution in [2.75, 3.05) is 13.6 Å². The SMILES string of the molecule is CCC1CCC(CNC(=NC)NCc2ncc(C(C)(C)C)o2)CC1.I. The summed E-state index contributed by atoms with van der Waals surface area (Å²) in [5, 5.41) is 6.74. The minimum atomic E-state index is -0.0114. The Morgan fingerprint density at radius 3 is 2.36 bits per heavy atom. The second-order valence-electron chi connectivity index (χ2n) is 7.97. The number of oxazole rings is 1. The fraction of sp³-hybridized carbons (Fsp3) is 0.789. The van der Waals surface area contributed by atoms with E-state index in [1.807, 2.05) is 6.20 Å². The van der Waals surface area contributed by atoms with Gasteiger partial charge in [-0.25, -0.2) is 4.98 Å². The molecule has 1 aromatic heterocycles. The molecule has 1 fully saturated rings. The lowest BCUT2D eigenvalue weighted by Crippen LogP contribution is -2.40. The van der Waals surface area contributed by atoms with Crippen molar-refractivity contribution in [2.45, 2.75) is 71.8 Å². The Morgan fingerprint density at radius 2 is 1.84 bits per heavy atom. The number of halogens is 1. The molecule has 0 saturated heterocycles. The molecule has 2 rings (SSSR count). The van der Waals surface area contributed by atoms with E-state index in [0.717, 1.165) is 30.1 Å². The summed E-state index contributed by atoms with van der Waals surface area (Å²) in [7, 11) is 1.81. The van der Waals surface area contributed by atoms with Crippen molar-refractivity contribution >= 4 is 29.9 Å². The van der Waals surface area contributed by atoms with Crippen LogP contribution in [0.2, 0.25) is 0 Å². The third-order valence-corrected chi connectivity index (χ3v) is 5.03. The molecule has 0 spiro atoms. The Balaban J connectivity index is 0.00000312. The van der Waals surface area contributed by atoms with Gasteiger partial charge in [-0.2, -0.15) is 0 Å². The molecule has 5 nitrogen and oxygen atoms in total. The molecule has 0 aliphatic heterocycles. The Hall–Kier alpha value is -0.790. The average Bonchev–Trinajstić information content (AvgIpc) is 3.05. The van der Waals surface area contributed by atoms with Gasteiger partial charge in [-0.3, -0.25) is 4.99 Å². The molecular formula is C19H35IN4O. The third-order valence-electron chi connectivity index (χ3n) is 5.03. The van der Waals surface area contributed by atoms with Crippen molar-refractivity contribution in [3.8, 4) is 0 Å². The highest BCUT2D eigenvalue weighted by Gasteiger charge is 2.21. The van der Waals surface area contributed by atoms with E-state index in [2.05, 4.69) is 48.3 Å². The number of rotatable bonds is 5. The zero-order valence-corrected chi connectivity index (χ0v) is 18.7. The first-order valence-corrected chi connectivity index (χ1v) is 9.32. The molecule has 0 amide bonds. The smallest absolute Gasteiger partial charge is 0.213 e. The summed E-state index contributed by atoms with van der Waals surface area (Å²) in [6, 6.07) is 0. The molecule has 1 aromatic rings. The third kappa shape index (κ3) is 7.15. The van der Waals surface area contributed by atoms with Gasteiger partial charge in [0, 0.05) is 19.0 Å². The Morgan fingerprint density at radius 1 is 1.20 bits per heavy atom. The van der Waals surface area contributed by atoms with E-state index in [4.69, 9.17) is 4.42 Å². The number of aliphatic imine (C=N–C) groups is 1. The van der Waals surface area contributed by atoms with Crippen LogP contribution in [-0.4, -0.2) is 24.5 Å². The highest BCUT2D eigenvalue weighted by Crippen LogP contribution is 2.30. The summed E-state index contributed by atoms with van der Waals surface area (Å²) in [6.45, 7) is 10.2. The van der Waals surface area contributed by atoms with Gasteiger partial charge in [-0.15, -0.1) is 24.0 Å². The number of nitrogens with zero attached hydrogens (tertiary/aromatic N) is 2. The maximum atomic E-state index is 5.81. The summed E-state index contributed by atoms with van der Waals surface area (Å²) in [5.74, 6) is 4.14. The molecule has 1 heterocycles. The topological polar surface area (TPSA) is 62.5 Å². The van der Waals surface area contributed by atoms with Crippen LogP contribution in [0.25, 0.3) is 0 Å². The van der Waals surface area contributed by atoms with Crippen LogP contribution in [0.4, 0.5) is 0 Å². The van der Waals surface area contributed by atoms with Crippen LogP contribution >= 0.6 is 24.0 Å². The van der Waals surface area contributed by atoms with Gasteiger partial charge in [-0.05, 0) is 24.7 Å². The van der Waals surface area contributed by atoms with Crippen LogP contribution in [0.1, 0.15) is 71.5 Å². The molecular weight excluding hydrogens is 427 g/mol. The van der Waals surface area contributed by atoms with Gasteiger partial charge < -0.3 is 15.1 Å². The largest absolute Gasteiger partial charge is 0.443 e. The van der Waals surface area contributed by atoms with Crippen LogP contribution < -0.4 is 10.6 Å². The Bertz CT molecular complexity index is 528. The van der Waals surface area contributed by atoms with Gasteiger partial charge in [0.25, 0.3) is 0 Å². The van der Waals surface area contributed by atoms with Crippen LogP contribution in [0, 0.1) is 11.8 Å². The van der Waals surface area contributed by atoms with Gasteiger partial charge in [0.05, 0.1) is 12.7 Å². The van der Waals surface area contributed by atoms with Crippen molar-refractivity contribution in [3.63, 3.8) is 0 Å². The highest BCUT2D eigenvalue weighted by molar-refractivity contribution is 14.0. The zero-order chi connectivity index (χ0) is 17.6. The fourth-order valence-corrected chi connectivity index (χ4v) is 3.20. The quantitative estimate of drug-likeness (QED) is 0.385. The molecule has 0 unspecified atom stereocenters. The molecule has 2 N–H and O–H groups in total. The van der Waals surface area contributed by atoms with E-state index in [1.165, 1.54) is 32.1 Å². The minimum Gasteiger partial charge on any atom is -0.443 e. The van der Waals surface area contributed by atoms with Crippen molar-refractivity contribution in [2.24, 2.45) is 16.8 Å². The van der Waals surface area contributed by atoms with Gasteiger partial charge in [0.2, 0.25) is 5.89 Å². The first-order valence-electron chi connectivity index (χ1n) is 9.32. The first-order chi connectivity index (χ1) is 11.4. The van der Waals surface area contributed by atoms with E-state index in [1.54, 1.807) is 7.05 Å². The molecule has 1 aliphatic carbocycles. The molecule has 0 atom stereocenters. The van der Waals surface area contributed by atoms with Gasteiger partial charge in [0.15, 0.2) is 5.96 Å². The zero-order valence-electron chi connectivity index (χ0n) is 16.4. The normalized spacial score (nSPS) is 21.6. The molecule has 0 aromatic carbocycles. The lowest BCUT2D eigenvalue weighted by atomic mass is 9.81. The molecule has 25 heavy (non-hydrogen) atoms. The van der Waals surface area contributed by atoms with E-state index in [-0.39, 0.29) is 29.4 Å². The summed E-state index contributed by atoms with van der Waals surface area (Å²) < 4.78 is 5.81. The number of nitrogens with one attached hydrogen (secondary N) is 2. The second-order valence-corrected chi connectivity index (χ2v) is 7.97. The molecule has 6 heteroatoms.